The van der Waals surface area contributed by atoms with E-state index in [1.165, 1.54) is 33.3 Å². The Morgan fingerprint density at radius 3 is 2.00 bits per heavy atom. The number of rotatable bonds is 1. The molecule has 2 aromatic rings. The summed E-state index contributed by atoms with van der Waals surface area (Å²) in [7, 11) is 2.20. The average molecular weight is 208 g/mol. The molecule has 80 valence electrons. The first kappa shape index (κ1) is 11.0. The van der Waals surface area contributed by atoms with Crippen LogP contribution in [0.25, 0.3) is 11.1 Å². The summed E-state index contributed by atoms with van der Waals surface area (Å²) in [6.45, 7) is 6.54. The van der Waals surface area contributed by atoms with Crippen molar-refractivity contribution in [1.82, 2.24) is 0 Å². The Hall–Kier alpha value is -1.50. The van der Waals surface area contributed by atoms with Crippen molar-refractivity contribution in [2.75, 3.05) is 0 Å². The molecule has 0 atom stereocenters. The zero-order valence-electron chi connectivity index (χ0n) is 10.5. The van der Waals surface area contributed by atoms with Crippen molar-refractivity contribution in [3.8, 4) is 11.1 Å². The molecule has 0 radical (unpaired) electrons. The molecule has 0 aliphatic carbocycles. The van der Waals surface area contributed by atoms with Gasteiger partial charge >= 0.3 is 0 Å². The monoisotopic (exact) mass is 208 g/mol. The van der Waals surface area contributed by atoms with Crippen molar-refractivity contribution in [3.63, 3.8) is 0 Å². The molecule has 0 bridgehead atoms. The maximum Gasteiger partial charge on any atom is 0.140 e. The molecule has 0 nitrogen and oxygen atoms in total. The van der Waals surface area contributed by atoms with Gasteiger partial charge in [-0.2, -0.15) is 0 Å². The molecule has 0 aliphatic rings. The van der Waals surface area contributed by atoms with Crippen LogP contribution >= 0.6 is 0 Å². The van der Waals surface area contributed by atoms with Crippen LogP contribution in [-0.4, -0.2) is 7.85 Å². The maximum atomic E-state index is 2.21. The molecule has 0 N–H and O–H groups in total. The summed E-state index contributed by atoms with van der Waals surface area (Å²) >= 11 is 0. The number of hydrogen-bond acceptors (Lipinski definition) is 0. The van der Waals surface area contributed by atoms with E-state index in [-0.39, 0.29) is 0 Å². The summed E-state index contributed by atoms with van der Waals surface area (Å²) in [6, 6.07) is 13.0. The quantitative estimate of drug-likeness (QED) is 0.631. The van der Waals surface area contributed by atoms with E-state index in [1.807, 2.05) is 0 Å². The second kappa shape index (κ2) is 4.17. The molecule has 0 aliphatic heterocycles. The Morgan fingerprint density at radius 2 is 1.31 bits per heavy atom. The van der Waals surface area contributed by atoms with E-state index in [0.29, 0.717) is 0 Å². The molecule has 2 aromatic carbocycles. The second-order valence-electron chi connectivity index (χ2n) is 4.49. The highest BCUT2D eigenvalue weighted by Gasteiger charge is 2.06. The van der Waals surface area contributed by atoms with Crippen LogP contribution in [0.3, 0.4) is 0 Å². The summed E-state index contributed by atoms with van der Waals surface area (Å²) in [5.41, 5.74) is 8.21. The molecule has 0 unspecified atom stereocenters. The van der Waals surface area contributed by atoms with Gasteiger partial charge < -0.3 is 0 Å². The van der Waals surface area contributed by atoms with E-state index in [0.717, 1.165) is 0 Å². The third kappa shape index (κ3) is 1.78. The molecule has 0 heterocycles. The normalized spacial score (nSPS) is 10.4. The van der Waals surface area contributed by atoms with Gasteiger partial charge in [-0.05, 0) is 43.0 Å². The van der Waals surface area contributed by atoms with Gasteiger partial charge in [-0.25, -0.2) is 0 Å². The lowest BCUT2D eigenvalue weighted by Gasteiger charge is -2.13. The van der Waals surface area contributed by atoms with Gasteiger partial charge in [-0.3, -0.25) is 0 Å². The average Bonchev–Trinajstić information content (AvgIpc) is 2.27. The van der Waals surface area contributed by atoms with Gasteiger partial charge in [0.15, 0.2) is 0 Å². The number of aryl methyl sites for hydroxylation is 2. The highest BCUT2D eigenvalue weighted by molar-refractivity contribution is 6.37. The van der Waals surface area contributed by atoms with E-state index in [9.17, 15) is 0 Å². The van der Waals surface area contributed by atoms with Crippen LogP contribution in [0, 0.1) is 20.8 Å². The molecule has 2 rings (SSSR count). The van der Waals surface area contributed by atoms with Gasteiger partial charge in [0.2, 0.25) is 0 Å². The van der Waals surface area contributed by atoms with Gasteiger partial charge in [0.05, 0.1) is 0 Å². The molecule has 0 amide bonds. The van der Waals surface area contributed by atoms with Crippen molar-refractivity contribution in [1.29, 1.82) is 0 Å². The molecule has 0 saturated carbocycles. The van der Waals surface area contributed by atoms with Crippen molar-refractivity contribution in [2.24, 2.45) is 0 Å². The smallest absolute Gasteiger partial charge is 0.0784 e. The Labute approximate surface area is 98.7 Å². The van der Waals surface area contributed by atoms with E-state index in [4.69, 9.17) is 0 Å². The first-order valence-corrected chi connectivity index (χ1v) is 5.74. The van der Waals surface area contributed by atoms with Crippen LogP contribution in [-0.2, 0) is 0 Å². The third-order valence-electron chi connectivity index (χ3n) is 3.50. The molecule has 1 heteroatoms. The number of hydrogen-bond donors (Lipinski definition) is 0. The zero-order chi connectivity index (χ0) is 11.7. The van der Waals surface area contributed by atoms with Crippen molar-refractivity contribution < 1.29 is 0 Å². The Bertz CT molecular complexity index is 477. The Balaban J connectivity index is 2.68. The fraction of sp³-hybridized carbons (Fsp3) is 0.200. The van der Waals surface area contributed by atoms with Crippen LogP contribution < -0.4 is 5.46 Å². The Kier molecular flexibility index (Phi) is 2.87. The first-order chi connectivity index (χ1) is 7.61. The molecule has 0 saturated heterocycles. The lowest BCUT2D eigenvalue weighted by molar-refractivity contribution is 1.34. The molecular weight excluding hydrogens is 191 g/mol. The van der Waals surface area contributed by atoms with E-state index in [1.54, 1.807) is 0 Å². The third-order valence-corrected chi connectivity index (χ3v) is 3.50. The standard InChI is InChI=1S/C15H17B/c1-10-6-4-8-13(12(10)3)14-9-5-7-11(2)15(14)16/h4-9H,16H2,1-3H3. The predicted octanol–water partition coefficient (Wildman–Crippen LogP) is 2.54. The highest BCUT2D eigenvalue weighted by atomic mass is 14.1. The topological polar surface area (TPSA) is 0 Å². The summed E-state index contributed by atoms with van der Waals surface area (Å²) in [6.07, 6.45) is 0. The van der Waals surface area contributed by atoms with Gasteiger partial charge in [-0.15, -0.1) is 0 Å². The fourth-order valence-electron chi connectivity index (χ4n) is 2.09. The summed E-state index contributed by atoms with van der Waals surface area (Å²) in [5, 5.41) is 0. The predicted molar refractivity (Wildman–Crippen MR) is 74.3 cm³/mol. The first-order valence-electron chi connectivity index (χ1n) is 5.74. The minimum atomic E-state index is 1.36. The summed E-state index contributed by atoms with van der Waals surface area (Å²) < 4.78 is 0. The summed E-state index contributed by atoms with van der Waals surface area (Å²) in [5.74, 6) is 0. The van der Waals surface area contributed by atoms with Crippen molar-refractivity contribution >= 4 is 13.3 Å². The van der Waals surface area contributed by atoms with Gasteiger partial charge in [0.25, 0.3) is 0 Å². The molecular formula is C15H17B. The molecule has 0 fully saturated rings. The van der Waals surface area contributed by atoms with Crippen LogP contribution in [0.5, 0.6) is 0 Å². The van der Waals surface area contributed by atoms with Crippen LogP contribution in [0.2, 0.25) is 0 Å². The largest absolute Gasteiger partial charge is 0.140 e. The van der Waals surface area contributed by atoms with E-state index in [2.05, 4.69) is 65.0 Å². The van der Waals surface area contributed by atoms with Gasteiger partial charge in [0.1, 0.15) is 7.85 Å². The van der Waals surface area contributed by atoms with Crippen molar-refractivity contribution in [3.05, 3.63) is 53.1 Å². The highest BCUT2D eigenvalue weighted by Crippen LogP contribution is 2.24. The van der Waals surface area contributed by atoms with E-state index < -0.39 is 0 Å². The summed E-state index contributed by atoms with van der Waals surface area (Å²) in [4.78, 5) is 0. The van der Waals surface area contributed by atoms with Gasteiger partial charge in [-0.1, -0.05) is 47.4 Å². The molecule has 16 heavy (non-hydrogen) atoms. The van der Waals surface area contributed by atoms with Gasteiger partial charge in [0, 0.05) is 0 Å². The lowest BCUT2D eigenvalue weighted by atomic mass is 9.82. The van der Waals surface area contributed by atoms with Crippen molar-refractivity contribution in [2.45, 2.75) is 20.8 Å². The SMILES string of the molecule is Bc1c(C)cccc1-c1cccc(C)c1C. The molecule has 0 aromatic heterocycles. The fourth-order valence-corrected chi connectivity index (χ4v) is 2.09. The minimum absolute atomic E-state index is 1.36. The Morgan fingerprint density at radius 1 is 0.750 bits per heavy atom. The minimum Gasteiger partial charge on any atom is -0.0784 e. The zero-order valence-corrected chi connectivity index (χ0v) is 10.5. The lowest BCUT2D eigenvalue weighted by Crippen LogP contribution is -2.11. The van der Waals surface area contributed by atoms with Crippen LogP contribution in [0.4, 0.5) is 0 Å². The number of benzene rings is 2. The van der Waals surface area contributed by atoms with Crippen LogP contribution in [0.15, 0.2) is 36.4 Å². The van der Waals surface area contributed by atoms with Crippen LogP contribution in [0.1, 0.15) is 16.7 Å². The van der Waals surface area contributed by atoms with E-state index >= 15 is 0 Å². The maximum absolute atomic E-state index is 2.21. The second-order valence-corrected chi connectivity index (χ2v) is 4.49. The molecule has 0 spiro atoms.